The van der Waals surface area contributed by atoms with Gasteiger partial charge in [-0.1, -0.05) is 103 Å². The van der Waals surface area contributed by atoms with Crippen molar-refractivity contribution in [3.63, 3.8) is 0 Å². The first kappa shape index (κ1) is 33.3. The Morgan fingerprint density at radius 1 is 0.655 bits per heavy atom. The molecular weight excluding hydrogens is 378 g/mol. The Morgan fingerprint density at radius 3 is 1.24 bits per heavy atom. The fourth-order valence-corrected chi connectivity index (χ4v) is 3.62. The van der Waals surface area contributed by atoms with Gasteiger partial charge in [0, 0.05) is 19.1 Å². The molecule has 0 aromatic heterocycles. The highest BCUT2D eigenvalue weighted by atomic mass is 19.0. The summed E-state index contributed by atoms with van der Waals surface area (Å²) in [5.41, 5.74) is 5.56. The molecule has 0 radical (unpaired) electrons. The van der Waals surface area contributed by atoms with E-state index >= 15 is 0 Å². The first-order chi connectivity index (χ1) is 12.9. The third-order valence-corrected chi connectivity index (χ3v) is 5.51. The highest BCUT2D eigenvalue weighted by Crippen LogP contribution is 2.15. The summed E-state index contributed by atoms with van der Waals surface area (Å²) in [6.07, 6.45) is 18.1. The van der Waals surface area contributed by atoms with Gasteiger partial charge in [0.05, 0.1) is 0 Å². The van der Waals surface area contributed by atoms with Crippen molar-refractivity contribution in [2.75, 3.05) is 13.1 Å². The largest absolute Gasteiger partial charge is 0.346 e. The second-order valence-corrected chi connectivity index (χ2v) is 8.18. The molecule has 0 amide bonds. The normalized spacial score (nSPS) is 12.5. The lowest BCUT2D eigenvalue weighted by molar-refractivity contribution is -0.399. The molecule has 0 bridgehead atoms. The third-order valence-electron chi connectivity index (χ3n) is 5.51. The van der Waals surface area contributed by atoms with Crippen LogP contribution in [0.5, 0.6) is 0 Å². The minimum atomic E-state index is -2.77. The number of hydrogen-bond acceptors (Lipinski definition) is 5. The van der Waals surface area contributed by atoms with Crippen LogP contribution < -0.4 is 5.73 Å². The van der Waals surface area contributed by atoms with Crippen LogP contribution in [0.2, 0.25) is 0 Å². The zero-order valence-corrected chi connectivity index (χ0v) is 19.0. The van der Waals surface area contributed by atoms with Gasteiger partial charge in [0.1, 0.15) is 0 Å². The van der Waals surface area contributed by atoms with Gasteiger partial charge in [0.25, 0.3) is 0 Å². The number of unbranched alkanes of at least 4 members (excludes halogenated alkanes) is 15. The molecule has 0 saturated carbocycles. The number of nitrogens with two attached hydrogens (primary N) is 1. The van der Waals surface area contributed by atoms with Gasteiger partial charge in [-0.15, -0.1) is 0 Å². The van der Waals surface area contributed by atoms with Gasteiger partial charge in [-0.2, -0.15) is 0 Å². The summed E-state index contributed by atoms with van der Waals surface area (Å²) in [7, 11) is 0. The lowest BCUT2D eigenvalue weighted by Crippen LogP contribution is -2.55. The molecule has 1 atom stereocenters. The van der Waals surface area contributed by atoms with E-state index in [1.807, 2.05) is 0 Å². The topological polar surface area (TPSA) is 90.0 Å². The van der Waals surface area contributed by atoms with E-state index in [9.17, 15) is 15.3 Å². The lowest BCUT2D eigenvalue weighted by Gasteiger charge is -2.34. The number of hydrogen-bond donors (Lipinski definition) is 4. The summed E-state index contributed by atoms with van der Waals surface area (Å²) >= 11 is 0. The molecule has 0 fully saturated rings. The molecule has 1 unspecified atom stereocenters. The Morgan fingerprint density at radius 2 is 0.966 bits per heavy atom. The first-order valence-electron chi connectivity index (χ1n) is 11.6. The molecule has 0 saturated heterocycles. The number of aliphatic hydroxyl groups is 3. The Hall–Kier alpha value is -0.340. The van der Waals surface area contributed by atoms with Crippen LogP contribution in [0.25, 0.3) is 0 Å². The van der Waals surface area contributed by atoms with Crippen LogP contribution in [-0.2, 0) is 0 Å². The van der Waals surface area contributed by atoms with Gasteiger partial charge in [0.15, 0.2) is 0 Å². The predicted octanol–water partition coefficient (Wildman–Crippen LogP) is 4.79. The molecule has 0 aliphatic rings. The van der Waals surface area contributed by atoms with E-state index in [4.69, 9.17) is 5.73 Å². The van der Waals surface area contributed by atoms with Crippen LogP contribution in [0.3, 0.4) is 0 Å². The lowest BCUT2D eigenvalue weighted by atomic mass is 10.0. The maximum atomic E-state index is 9.39. The van der Waals surface area contributed by atoms with Crippen LogP contribution >= 0.6 is 0 Å². The predicted molar refractivity (Wildman–Crippen MR) is 119 cm³/mol. The average molecular weight is 429 g/mol. The van der Waals surface area contributed by atoms with Gasteiger partial charge in [-0.25, -0.2) is 4.90 Å². The van der Waals surface area contributed by atoms with Crippen LogP contribution in [0.15, 0.2) is 0 Å². The number of halogens is 2. The fourth-order valence-electron chi connectivity index (χ4n) is 3.62. The van der Waals surface area contributed by atoms with E-state index in [2.05, 4.69) is 6.92 Å². The minimum absolute atomic E-state index is 0. The van der Waals surface area contributed by atoms with Crippen LogP contribution in [0, 0.1) is 0 Å². The van der Waals surface area contributed by atoms with E-state index in [0.717, 1.165) is 19.3 Å². The molecule has 5 nitrogen and oxygen atoms in total. The second-order valence-electron chi connectivity index (χ2n) is 8.18. The summed E-state index contributed by atoms with van der Waals surface area (Å²) in [5.74, 6) is 0. The fraction of sp³-hybridized carbons (Fsp3) is 1.00. The van der Waals surface area contributed by atoms with Crippen molar-refractivity contribution in [2.45, 2.75) is 129 Å². The zero-order chi connectivity index (χ0) is 20.4. The van der Waals surface area contributed by atoms with Crippen molar-refractivity contribution in [3.05, 3.63) is 0 Å². The van der Waals surface area contributed by atoms with Gasteiger partial charge in [-0.05, 0) is 13.3 Å². The van der Waals surface area contributed by atoms with E-state index in [1.165, 1.54) is 88.4 Å². The Kier molecular flexibility index (Phi) is 25.7. The van der Waals surface area contributed by atoms with Gasteiger partial charge in [-0.3, -0.25) is 9.41 Å². The van der Waals surface area contributed by atoms with Gasteiger partial charge < -0.3 is 21.1 Å². The maximum Gasteiger partial charge on any atom is 0.346 e. The summed E-state index contributed by atoms with van der Waals surface area (Å²) < 4.78 is 0. The van der Waals surface area contributed by atoms with E-state index in [1.54, 1.807) is 6.92 Å². The molecule has 29 heavy (non-hydrogen) atoms. The molecule has 180 valence electrons. The standard InChI is InChI=1S/C22H48N2O3.2FH/c1-3-4-5-6-7-8-9-10-11-12-13-14-15-16-17-18-19-24(21(2)20-23)22(25,26)27;;/h21,25-27H,3-20,23H2,1-2H3;2*1H. The molecule has 0 aliphatic heterocycles. The van der Waals surface area contributed by atoms with Crippen molar-refractivity contribution in [1.82, 2.24) is 4.90 Å². The molecule has 0 aromatic rings. The molecule has 0 heterocycles. The van der Waals surface area contributed by atoms with Crippen molar-refractivity contribution in [1.29, 1.82) is 0 Å². The van der Waals surface area contributed by atoms with Crippen molar-refractivity contribution in [2.24, 2.45) is 5.73 Å². The van der Waals surface area contributed by atoms with Crippen LogP contribution in [0.1, 0.15) is 117 Å². The van der Waals surface area contributed by atoms with Gasteiger partial charge in [0.2, 0.25) is 0 Å². The smallest absolute Gasteiger partial charge is 0.330 e. The van der Waals surface area contributed by atoms with E-state index in [0.29, 0.717) is 6.54 Å². The number of rotatable bonds is 20. The number of nitrogens with zero attached hydrogens (tertiary/aromatic N) is 1. The molecule has 5 N–H and O–H groups in total. The third kappa shape index (κ3) is 20.7. The second kappa shape index (κ2) is 22.3. The zero-order valence-electron chi connectivity index (χ0n) is 19.0. The molecular formula is C22H50F2N2O3. The summed E-state index contributed by atoms with van der Waals surface area (Å²) in [4.78, 5) is 1.25. The highest BCUT2D eigenvalue weighted by Gasteiger charge is 2.32. The Bertz CT molecular complexity index is 319. The molecule has 0 aromatic carbocycles. The Balaban J connectivity index is -0.00000338. The first-order valence-corrected chi connectivity index (χ1v) is 11.6. The Labute approximate surface area is 177 Å². The van der Waals surface area contributed by atoms with Crippen LogP contribution in [0.4, 0.5) is 9.41 Å². The quantitative estimate of drug-likeness (QED) is 0.165. The molecule has 0 aliphatic carbocycles. The molecule has 0 spiro atoms. The van der Waals surface area contributed by atoms with Crippen molar-refractivity contribution < 1.29 is 24.7 Å². The highest BCUT2D eigenvalue weighted by molar-refractivity contribution is 4.69. The van der Waals surface area contributed by atoms with Crippen molar-refractivity contribution >= 4 is 0 Å². The summed E-state index contributed by atoms with van der Waals surface area (Å²) in [6.45, 7) is 4.78. The molecule has 0 rings (SSSR count). The van der Waals surface area contributed by atoms with Gasteiger partial charge >= 0.3 is 6.10 Å². The monoisotopic (exact) mass is 428 g/mol. The maximum absolute atomic E-state index is 9.39. The minimum Gasteiger partial charge on any atom is -0.330 e. The summed E-state index contributed by atoms with van der Waals surface area (Å²) in [6, 6.07) is -0.263. The van der Waals surface area contributed by atoms with E-state index in [-0.39, 0.29) is 22.0 Å². The van der Waals surface area contributed by atoms with Crippen molar-refractivity contribution in [3.8, 4) is 0 Å². The van der Waals surface area contributed by atoms with E-state index < -0.39 is 6.10 Å². The molecule has 7 heteroatoms. The summed E-state index contributed by atoms with van der Waals surface area (Å²) in [5, 5.41) is 28.2. The van der Waals surface area contributed by atoms with Crippen LogP contribution in [-0.4, -0.2) is 45.4 Å². The average Bonchev–Trinajstić information content (AvgIpc) is 2.62. The SMILES string of the molecule is CCCCCCCCCCCCCCCCCCN(C(C)CN)C(O)(O)O.F.F.